The van der Waals surface area contributed by atoms with Gasteiger partial charge >= 0.3 is 0 Å². The summed E-state index contributed by atoms with van der Waals surface area (Å²) in [6, 6.07) is 7.41. The number of benzene rings is 1. The first kappa shape index (κ1) is 13.1. The molecule has 1 N–H and O–H groups in total. The van der Waals surface area contributed by atoms with Crippen LogP contribution in [-0.4, -0.2) is 13.0 Å². The Labute approximate surface area is 118 Å². The Balaban J connectivity index is 2.31. The zero-order valence-electron chi connectivity index (χ0n) is 9.99. The molecule has 18 heavy (non-hydrogen) atoms. The Hall–Kier alpha value is -1.33. The van der Waals surface area contributed by atoms with Gasteiger partial charge in [-0.2, -0.15) is 0 Å². The predicted molar refractivity (Wildman–Crippen MR) is 77.7 cm³/mol. The average molecular weight is 326 g/mol. The summed E-state index contributed by atoms with van der Waals surface area (Å²) in [6.07, 6.45) is 0. The summed E-state index contributed by atoms with van der Waals surface area (Å²) in [5.74, 6) is 0.528. The third-order valence-electron chi connectivity index (χ3n) is 2.47. The van der Waals surface area contributed by atoms with Crippen LogP contribution < -0.4 is 10.1 Å². The topological polar surface area (TPSA) is 38.3 Å². The molecular weight excluding hydrogens is 314 g/mol. The van der Waals surface area contributed by atoms with Crippen LogP contribution in [0.3, 0.4) is 0 Å². The molecule has 0 saturated carbocycles. The summed E-state index contributed by atoms with van der Waals surface area (Å²) in [5, 5.41) is 4.76. The third-order valence-corrected chi connectivity index (χ3v) is 3.79. The number of amides is 1. The number of rotatable bonds is 3. The van der Waals surface area contributed by atoms with Gasteiger partial charge in [0.05, 0.1) is 17.7 Å². The number of anilines is 1. The minimum absolute atomic E-state index is 0.117. The number of carbonyl (C=O) groups is 1. The highest BCUT2D eigenvalue weighted by Crippen LogP contribution is 2.32. The van der Waals surface area contributed by atoms with Gasteiger partial charge in [-0.05, 0) is 36.1 Å². The molecule has 0 saturated heterocycles. The first-order chi connectivity index (χ1) is 8.61. The van der Waals surface area contributed by atoms with E-state index in [1.807, 2.05) is 30.5 Å². The Bertz CT molecular complexity index is 567. The van der Waals surface area contributed by atoms with Gasteiger partial charge in [0.2, 0.25) is 0 Å². The average Bonchev–Trinajstić information content (AvgIpc) is 2.85. The third kappa shape index (κ3) is 2.73. The highest BCUT2D eigenvalue weighted by molar-refractivity contribution is 9.10. The van der Waals surface area contributed by atoms with E-state index < -0.39 is 0 Å². The number of thiophene rings is 1. The van der Waals surface area contributed by atoms with Crippen LogP contribution in [0, 0.1) is 6.92 Å². The zero-order valence-corrected chi connectivity index (χ0v) is 12.4. The first-order valence-corrected chi connectivity index (χ1v) is 6.98. The molecule has 3 nitrogen and oxygen atoms in total. The van der Waals surface area contributed by atoms with E-state index in [0.717, 1.165) is 10.0 Å². The Morgan fingerprint density at radius 2 is 2.22 bits per heavy atom. The molecule has 0 spiro atoms. The van der Waals surface area contributed by atoms with Crippen LogP contribution in [0.4, 0.5) is 5.69 Å². The van der Waals surface area contributed by atoms with E-state index in [-0.39, 0.29) is 5.91 Å². The van der Waals surface area contributed by atoms with Crippen LogP contribution in [0.2, 0.25) is 0 Å². The summed E-state index contributed by atoms with van der Waals surface area (Å²) in [7, 11) is 1.59. The number of carbonyl (C=O) groups excluding carboxylic acids is 1. The number of aryl methyl sites for hydroxylation is 1. The van der Waals surface area contributed by atoms with Crippen molar-refractivity contribution in [2.45, 2.75) is 6.92 Å². The SMILES string of the molecule is COc1cc(Br)cc(C)c1NC(=O)c1cccs1. The molecule has 1 heterocycles. The van der Waals surface area contributed by atoms with E-state index in [0.29, 0.717) is 16.3 Å². The summed E-state index contributed by atoms with van der Waals surface area (Å²) >= 11 is 4.81. The van der Waals surface area contributed by atoms with Gasteiger partial charge < -0.3 is 10.1 Å². The van der Waals surface area contributed by atoms with Crippen molar-refractivity contribution in [2.24, 2.45) is 0 Å². The van der Waals surface area contributed by atoms with Crippen molar-refractivity contribution in [3.63, 3.8) is 0 Å². The van der Waals surface area contributed by atoms with E-state index in [2.05, 4.69) is 21.2 Å². The van der Waals surface area contributed by atoms with Crippen LogP contribution in [0.15, 0.2) is 34.1 Å². The van der Waals surface area contributed by atoms with Gasteiger partial charge in [-0.25, -0.2) is 0 Å². The quantitative estimate of drug-likeness (QED) is 0.923. The number of halogens is 1. The van der Waals surface area contributed by atoms with Crippen LogP contribution in [-0.2, 0) is 0 Å². The van der Waals surface area contributed by atoms with Crippen molar-refractivity contribution in [3.05, 3.63) is 44.6 Å². The maximum absolute atomic E-state index is 12.0. The maximum Gasteiger partial charge on any atom is 0.265 e. The van der Waals surface area contributed by atoms with Gasteiger partial charge in [-0.3, -0.25) is 4.79 Å². The van der Waals surface area contributed by atoms with Crippen LogP contribution in [0.1, 0.15) is 15.2 Å². The molecule has 94 valence electrons. The van der Waals surface area contributed by atoms with E-state index >= 15 is 0 Å². The molecule has 2 aromatic rings. The first-order valence-electron chi connectivity index (χ1n) is 5.31. The van der Waals surface area contributed by atoms with E-state index in [4.69, 9.17) is 4.74 Å². The van der Waals surface area contributed by atoms with Crippen LogP contribution in [0.25, 0.3) is 0 Å². The molecule has 0 aliphatic rings. The number of hydrogen-bond acceptors (Lipinski definition) is 3. The van der Waals surface area contributed by atoms with Gasteiger partial charge in [-0.1, -0.05) is 22.0 Å². The summed E-state index contributed by atoms with van der Waals surface area (Å²) < 4.78 is 6.21. The van der Waals surface area contributed by atoms with E-state index in [1.165, 1.54) is 11.3 Å². The fourth-order valence-electron chi connectivity index (χ4n) is 1.62. The fraction of sp³-hybridized carbons (Fsp3) is 0.154. The standard InChI is InChI=1S/C13H12BrNO2S/c1-8-6-9(14)7-10(17-2)12(8)15-13(16)11-4-3-5-18-11/h3-7H,1-2H3,(H,15,16). The van der Waals surface area contributed by atoms with Crippen molar-refractivity contribution < 1.29 is 9.53 Å². The number of hydrogen-bond donors (Lipinski definition) is 1. The maximum atomic E-state index is 12.0. The molecule has 0 bridgehead atoms. The second-order valence-electron chi connectivity index (χ2n) is 3.73. The molecule has 1 aromatic carbocycles. The Kier molecular flexibility index (Phi) is 4.04. The van der Waals surface area contributed by atoms with Crippen LogP contribution >= 0.6 is 27.3 Å². The molecule has 1 aromatic heterocycles. The largest absolute Gasteiger partial charge is 0.495 e. The smallest absolute Gasteiger partial charge is 0.265 e. The molecular formula is C13H12BrNO2S. The zero-order chi connectivity index (χ0) is 13.1. The molecule has 5 heteroatoms. The predicted octanol–water partition coefficient (Wildman–Crippen LogP) is 4.08. The molecule has 1 amide bonds. The number of methoxy groups -OCH3 is 1. The summed E-state index contributed by atoms with van der Waals surface area (Å²) in [6.45, 7) is 1.93. The van der Waals surface area contributed by atoms with E-state index in [1.54, 1.807) is 13.2 Å². The summed E-state index contributed by atoms with van der Waals surface area (Å²) in [5.41, 5.74) is 1.66. The molecule has 0 atom stereocenters. The second kappa shape index (κ2) is 5.54. The molecule has 0 aliphatic carbocycles. The fourth-order valence-corrected chi connectivity index (χ4v) is 2.79. The monoisotopic (exact) mass is 325 g/mol. The van der Waals surface area contributed by atoms with Gasteiger partial charge in [0, 0.05) is 4.47 Å². The lowest BCUT2D eigenvalue weighted by Crippen LogP contribution is -2.12. The molecule has 2 rings (SSSR count). The van der Waals surface area contributed by atoms with Gasteiger partial charge in [0.25, 0.3) is 5.91 Å². The van der Waals surface area contributed by atoms with Crippen molar-refractivity contribution in [2.75, 3.05) is 12.4 Å². The summed E-state index contributed by atoms with van der Waals surface area (Å²) in [4.78, 5) is 12.7. The minimum atomic E-state index is -0.117. The second-order valence-corrected chi connectivity index (χ2v) is 5.59. The lowest BCUT2D eigenvalue weighted by molar-refractivity contribution is 0.103. The number of nitrogens with one attached hydrogen (secondary N) is 1. The molecule has 0 fully saturated rings. The highest BCUT2D eigenvalue weighted by Gasteiger charge is 2.13. The van der Waals surface area contributed by atoms with E-state index in [9.17, 15) is 4.79 Å². The lowest BCUT2D eigenvalue weighted by atomic mass is 10.2. The van der Waals surface area contributed by atoms with Crippen molar-refractivity contribution >= 4 is 38.9 Å². The Morgan fingerprint density at radius 1 is 1.44 bits per heavy atom. The van der Waals surface area contributed by atoms with Crippen LogP contribution in [0.5, 0.6) is 5.75 Å². The highest BCUT2D eigenvalue weighted by atomic mass is 79.9. The molecule has 0 aliphatic heterocycles. The minimum Gasteiger partial charge on any atom is -0.495 e. The number of ether oxygens (including phenoxy) is 1. The van der Waals surface area contributed by atoms with Gasteiger partial charge in [0.15, 0.2) is 0 Å². The van der Waals surface area contributed by atoms with Crippen molar-refractivity contribution in [3.8, 4) is 5.75 Å². The normalized spacial score (nSPS) is 10.2. The van der Waals surface area contributed by atoms with Gasteiger partial charge in [0.1, 0.15) is 5.75 Å². The van der Waals surface area contributed by atoms with Crippen molar-refractivity contribution in [1.29, 1.82) is 0 Å². The van der Waals surface area contributed by atoms with Crippen molar-refractivity contribution in [1.82, 2.24) is 0 Å². The van der Waals surface area contributed by atoms with Gasteiger partial charge in [-0.15, -0.1) is 11.3 Å². The lowest BCUT2D eigenvalue weighted by Gasteiger charge is -2.13. The molecule has 0 radical (unpaired) electrons. The Morgan fingerprint density at radius 3 is 2.83 bits per heavy atom. The molecule has 0 unspecified atom stereocenters.